The first-order chi connectivity index (χ1) is 11.4. The van der Waals surface area contributed by atoms with Crippen molar-refractivity contribution in [2.24, 2.45) is 0 Å². The zero-order chi connectivity index (χ0) is 17.4. The SMILES string of the molecule is CC(=C1SC(=S)N(c2ccc(F)c(Cl)c2)C1=O)c1cccc(Br)c1. The molecule has 3 rings (SSSR count). The van der Waals surface area contributed by atoms with Crippen molar-refractivity contribution in [1.29, 1.82) is 0 Å². The highest BCUT2D eigenvalue weighted by atomic mass is 79.9. The van der Waals surface area contributed by atoms with Crippen LogP contribution in [-0.4, -0.2) is 10.2 Å². The number of carbonyl (C=O) groups excluding carboxylic acids is 1. The summed E-state index contributed by atoms with van der Waals surface area (Å²) in [7, 11) is 0. The second-order valence-electron chi connectivity index (χ2n) is 5.07. The third-order valence-corrected chi connectivity index (χ3v) is 5.79. The van der Waals surface area contributed by atoms with Crippen LogP contribution in [-0.2, 0) is 4.79 Å². The van der Waals surface area contributed by atoms with Crippen LogP contribution in [0.25, 0.3) is 5.57 Å². The Morgan fingerprint density at radius 2 is 2.04 bits per heavy atom. The minimum atomic E-state index is -0.535. The molecule has 1 fully saturated rings. The van der Waals surface area contributed by atoms with Crippen LogP contribution >= 0.6 is 51.5 Å². The molecular weight excluding hydrogens is 433 g/mol. The molecule has 0 spiro atoms. The fourth-order valence-corrected chi connectivity index (χ4v) is 4.21. The number of thioether (sulfide) groups is 1. The van der Waals surface area contributed by atoms with Gasteiger partial charge in [0, 0.05) is 4.47 Å². The molecular formula is C17H10BrClFNOS2. The number of allylic oxidation sites excluding steroid dienone is 1. The van der Waals surface area contributed by atoms with Crippen molar-refractivity contribution in [3.8, 4) is 0 Å². The van der Waals surface area contributed by atoms with Gasteiger partial charge < -0.3 is 0 Å². The number of benzene rings is 2. The predicted octanol–water partition coefficient (Wildman–Crippen LogP) is 6.04. The number of rotatable bonds is 2. The first-order valence-electron chi connectivity index (χ1n) is 6.86. The van der Waals surface area contributed by atoms with Gasteiger partial charge in [-0.15, -0.1) is 0 Å². The predicted molar refractivity (Wildman–Crippen MR) is 106 cm³/mol. The summed E-state index contributed by atoms with van der Waals surface area (Å²) in [6.07, 6.45) is 0. The molecule has 0 N–H and O–H groups in total. The van der Waals surface area contributed by atoms with Crippen molar-refractivity contribution in [3.05, 3.63) is 68.2 Å². The molecule has 1 aliphatic heterocycles. The van der Waals surface area contributed by atoms with Gasteiger partial charge in [-0.25, -0.2) is 4.39 Å². The molecule has 2 nitrogen and oxygen atoms in total. The number of amides is 1. The molecule has 1 heterocycles. The van der Waals surface area contributed by atoms with E-state index in [9.17, 15) is 9.18 Å². The monoisotopic (exact) mass is 441 g/mol. The first-order valence-corrected chi connectivity index (χ1v) is 9.26. The minimum Gasteiger partial charge on any atom is -0.268 e. The maximum atomic E-state index is 13.4. The Morgan fingerprint density at radius 3 is 2.71 bits per heavy atom. The molecule has 0 bridgehead atoms. The third-order valence-electron chi connectivity index (χ3n) is 3.53. The van der Waals surface area contributed by atoms with Crippen LogP contribution in [0.2, 0.25) is 5.02 Å². The first kappa shape index (κ1) is 17.6. The van der Waals surface area contributed by atoms with Gasteiger partial charge in [-0.3, -0.25) is 9.69 Å². The van der Waals surface area contributed by atoms with Gasteiger partial charge in [-0.05, 0) is 48.4 Å². The molecule has 1 amide bonds. The highest BCUT2D eigenvalue weighted by Crippen LogP contribution is 2.40. The second kappa shape index (κ2) is 6.96. The Bertz CT molecular complexity index is 900. The Labute approximate surface area is 161 Å². The molecule has 0 atom stereocenters. The summed E-state index contributed by atoms with van der Waals surface area (Å²) in [5.74, 6) is -0.767. The van der Waals surface area contributed by atoms with Gasteiger partial charge in [0.2, 0.25) is 0 Å². The summed E-state index contributed by atoms with van der Waals surface area (Å²) in [5, 5.41) is -0.0470. The quantitative estimate of drug-likeness (QED) is 0.418. The van der Waals surface area contributed by atoms with Gasteiger partial charge in [-0.2, -0.15) is 0 Å². The van der Waals surface area contributed by atoms with E-state index in [-0.39, 0.29) is 10.9 Å². The largest absolute Gasteiger partial charge is 0.271 e. The molecule has 0 radical (unpaired) electrons. The van der Waals surface area contributed by atoms with Crippen molar-refractivity contribution >= 4 is 73.0 Å². The van der Waals surface area contributed by atoms with Crippen LogP contribution in [0, 0.1) is 5.82 Å². The third kappa shape index (κ3) is 3.28. The minimum absolute atomic E-state index is 0.0470. The summed E-state index contributed by atoms with van der Waals surface area (Å²) in [5.41, 5.74) is 2.23. The summed E-state index contributed by atoms with van der Waals surface area (Å²) >= 11 is 15.8. The van der Waals surface area contributed by atoms with E-state index in [1.165, 1.54) is 34.9 Å². The zero-order valence-electron chi connectivity index (χ0n) is 12.3. The molecule has 7 heteroatoms. The van der Waals surface area contributed by atoms with Crippen molar-refractivity contribution in [3.63, 3.8) is 0 Å². The van der Waals surface area contributed by atoms with E-state index in [1.54, 1.807) is 0 Å². The Balaban J connectivity index is 2.02. The van der Waals surface area contributed by atoms with Crippen LogP contribution in [0.3, 0.4) is 0 Å². The Kier molecular flexibility index (Phi) is 5.11. The molecule has 1 aliphatic rings. The molecule has 2 aromatic carbocycles. The maximum absolute atomic E-state index is 13.4. The lowest BCUT2D eigenvalue weighted by atomic mass is 10.1. The number of hydrogen-bond donors (Lipinski definition) is 0. The molecule has 0 unspecified atom stereocenters. The maximum Gasteiger partial charge on any atom is 0.271 e. The lowest BCUT2D eigenvalue weighted by molar-refractivity contribution is -0.113. The topological polar surface area (TPSA) is 20.3 Å². The molecule has 2 aromatic rings. The summed E-state index contributed by atoms with van der Waals surface area (Å²) in [4.78, 5) is 14.8. The molecule has 0 saturated carbocycles. The number of hydrogen-bond acceptors (Lipinski definition) is 3. The summed E-state index contributed by atoms with van der Waals surface area (Å²) in [6.45, 7) is 1.88. The van der Waals surface area contributed by atoms with Gasteiger partial charge in [0.1, 0.15) is 5.82 Å². The fourth-order valence-electron chi connectivity index (χ4n) is 2.30. The molecule has 122 valence electrons. The standard InChI is InChI=1S/C17H10BrClFNOS2/c1-9(10-3-2-4-11(18)7-10)15-16(22)21(17(23)24-15)12-5-6-14(20)13(19)8-12/h2-8H,1H3. The van der Waals surface area contributed by atoms with Gasteiger partial charge >= 0.3 is 0 Å². The fraction of sp³-hybridized carbons (Fsp3) is 0.0588. The van der Waals surface area contributed by atoms with Crippen LogP contribution < -0.4 is 4.90 Å². The molecule has 0 aromatic heterocycles. The van der Waals surface area contributed by atoms with Crippen LogP contribution in [0.15, 0.2) is 51.8 Å². The average Bonchev–Trinajstić information content (AvgIpc) is 2.84. The smallest absolute Gasteiger partial charge is 0.268 e. The van der Waals surface area contributed by atoms with Crippen molar-refractivity contribution in [2.75, 3.05) is 4.90 Å². The van der Waals surface area contributed by atoms with E-state index in [0.717, 1.165) is 15.6 Å². The average molecular weight is 443 g/mol. The molecule has 1 saturated heterocycles. The Morgan fingerprint density at radius 1 is 1.29 bits per heavy atom. The van der Waals surface area contributed by atoms with E-state index in [1.807, 2.05) is 31.2 Å². The summed E-state index contributed by atoms with van der Waals surface area (Å²) in [6, 6.07) is 11.8. The van der Waals surface area contributed by atoms with E-state index in [0.29, 0.717) is 14.9 Å². The van der Waals surface area contributed by atoms with E-state index in [4.69, 9.17) is 23.8 Å². The lowest BCUT2D eigenvalue weighted by Gasteiger charge is -2.15. The van der Waals surface area contributed by atoms with E-state index in [2.05, 4.69) is 15.9 Å². The van der Waals surface area contributed by atoms with Crippen molar-refractivity contribution < 1.29 is 9.18 Å². The summed E-state index contributed by atoms with van der Waals surface area (Å²) < 4.78 is 14.7. The highest BCUT2D eigenvalue weighted by Gasteiger charge is 2.35. The molecule has 0 aliphatic carbocycles. The van der Waals surface area contributed by atoms with Crippen molar-refractivity contribution in [1.82, 2.24) is 0 Å². The highest BCUT2D eigenvalue weighted by molar-refractivity contribution is 9.10. The van der Waals surface area contributed by atoms with Crippen LogP contribution in [0.1, 0.15) is 12.5 Å². The second-order valence-corrected chi connectivity index (χ2v) is 8.04. The zero-order valence-corrected chi connectivity index (χ0v) is 16.3. The van der Waals surface area contributed by atoms with E-state index < -0.39 is 5.82 Å². The number of anilines is 1. The van der Waals surface area contributed by atoms with Crippen molar-refractivity contribution in [2.45, 2.75) is 6.92 Å². The number of halogens is 3. The molecule has 24 heavy (non-hydrogen) atoms. The number of carbonyl (C=O) groups is 1. The van der Waals surface area contributed by atoms with Crippen LogP contribution in [0.5, 0.6) is 0 Å². The normalized spacial score (nSPS) is 16.8. The van der Waals surface area contributed by atoms with Gasteiger partial charge in [0.15, 0.2) is 4.32 Å². The Hall–Kier alpha value is -1.21. The van der Waals surface area contributed by atoms with Gasteiger partial charge in [0.25, 0.3) is 5.91 Å². The van der Waals surface area contributed by atoms with E-state index >= 15 is 0 Å². The number of thiocarbonyl (C=S) groups is 1. The number of nitrogens with zero attached hydrogens (tertiary/aromatic N) is 1. The lowest BCUT2D eigenvalue weighted by Crippen LogP contribution is -2.27. The van der Waals surface area contributed by atoms with Gasteiger partial charge in [-0.1, -0.05) is 63.6 Å². The van der Waals surface area contributed by atoms with Crippen LogP contribution in [0.4, 0.5) is 10.1 Å². The van der Waals surface area contributed by atoms with Gasteiger partial charge in [0.05, 0.1) is 15.6 Å².